The molecule has 0 aromatic carbocycles. The lowest BCUT2D eigenvalue weighted by atomic mass is 10.3. The second-order valence-corrected chi connectivity index (χ2v) is 2.90. The SMILES string of the molecule is CSC(/N=C(/N)C(F)(F)F)=C(C#N)C#N. The molecule has 0 aromatic heterocycles. The van der Waals surface area contributed by atoms with E-state index >= 15 is 0 Å². The van der Waals surface area contributed by atoms with Crippen molar-refractivity contribution in [3.05, 3.63) is 10.6 Å². The number of aliphatic imine (C=N–C) groups is 1. The molecule has 0 atom stereocenters. The van der Waals surface area contributed by atoms with Gasteiger partial charge >= 0.3 is 6.18 Å². The molecule has 0 heterocycles. The Kier molecular flexibility index (Phi) is 4.68. The van der Waals surface area contributed by atoms with Gasteiger partial charge in [-0.05, 0) is 6.26 Å². The van der Waals surface area contributed by atoms with Gasteiger partial charge in [0.05, 0.1) is 0 Å². The molecule has 0 amide bonds. The number of halogens is 3. The summed E-state index contributed by atoms with van der Waals surface area (Å²) in [6.45, 7) is 0. The topological polar surface area (TPSA) is 86.0 Å². The van der Waals surface area contributed by atoms with Crippen molar-refractivity contribution in [1.29, 1.82) is 10.5 Å². The summed E-state index contributed by atoms with van der Waals surface area (Å²) in [6.07, 6.45) is -3.38. The lowest BCUT2D eigenvalue weighted by Crippen LogP contribution is -2.31. The zero-order valence-electron chi connectivity index (χ0n) is 7.46. The van der Waals surface area contributed by atoms with E-state index < -0.39 is 17.6 Å². The number of thioether (sulfide) groups is 1. The van der Waals surface area contributed by atoms with Gasteiger partial charge < -0.3 is 5.73 Å². The van der Waals surface area contributed by atoms with Crippen molar-refractivity contribution in [3.8, 4) is 12.1 Å². The monoisotopic (exact) mass is 234 g/mol. The van der Waals surface area contributed by atoms with Crippen molar-refractivity contribution >= 4 is 17.6 Å². The Bertz CT molecular complexity index is 367. The summed E-state index contributed by atoms with van der Waals surface area (Å²) in [4.78, 5) is 2.98. The van der Waals surface area contributed by atoms with Crippen molar-refractivity contribution in [2.75, 3.05) is 6.26 Å². The molecule has 80 valence electrons. The number of nitrogens with two attached hydrogens (primary N) is 1. The molecule has 4 nitrogen and oxygen atoms in total. The van der Waals surface area contributed by atoms with E-state index in [0.29, 0.717) is 0 Å². The molecule has 0 radical (unpaired) electrons. The summed E-state index contributed by atoms with van der Waals surface area (Å²) in [7, 11) is 0. The molecular formula is C7H5F3N4S. The van der Waals surface area contributed by atoms with Gasteiger partial charge in [0, 0.05) is 0 Å². The van der Waals surface area contributed by atoms with Crippen molar-refractivity contribution in [1.82, 2.24) is 0 Å². The van der Waals surface area contributed by atoms with Crippen LogP contribution in [0.5, 0.6) is 0 Å². The zero-order chi connectivity index (χ0) is 12.1. The van der Waals surface area contributed by atoms with Crippen LogP contribution in [0.1, 0.15) is 0 Å². The van der Waals surface area contributed by atoms with Gasteiger partial charge in [-0.1, -0.05) is 0 Å². The summed E-state index contributed by atoms with van der Waals surface area (Å²) in [5, 5.41) is 16.5. The maximum absolute atomic E-state index is 12.0. The Morgan fingerprint density at radius 1 is 1.33 bits per heavy atom. The quantitative estimate of drug-likeness (QED) is 0.446. The number of alkyl halides is 3. The third-order valence-corrected chi connectivity index (χ3v) is 1.83. The van der Waals surface area contributed by atoms with E-state index in [1.54, 1.807) is 0 Å². The number of amidine groups is 1. The van der Waals surface area contributed by atoms with Gasteiger partial charge in [0.2, 0.25) is 5.84 Å². The highest BCUT2D eigenvalue weighted by Crippen LogP contribution is 2.21. The third kappa shape index (κ3) is 3.92. The van der Waals surface area contributed by atoms with Gasteiger partial charge in [0.1, 0.15) is 17.2 Å². The highest BCUT2D eigenvalue weighted by molar-refractivity contribution is 8.02. The molecule has 2 N–H and O–H groups in total. The molecule has 0 aliphatic rings. The van der Waals surface area contributed by atoms with E-state index in [-0.39, 0.29) is 5.03 Å². The van der Waals surface area contributed by atoms with Crippen molar-refractivity contribution in [3.63, 3.8) is 0 Å². The molecule has 8 heteroatoms. The van der Waals surface area contributed by atoms with Gasteiger partial charge in [0.15, 0.2) is 5.57 Å². The Morgan fingerprint density at radius 2 is 1.80 bits per heavy atom. The molecule has 0 fully saturated rings. The number of allylic oxidation sites excluding steroid dienone is 1. The summed E-state index contributed by atoms with van der Waals surface area (Å²) < 4.78 is 35.9. The Morgan fingerprint density at radius 3 is 2.07 bits per heavy atom. The molecule has 0 saturated heterocycles. The van der Waals surface area contributed by atoms with Crippen LogP contribution < -0.4 is 5.73 Å². The molecule has 0 rings (SSSR count). The van der Waals surface area contributed by atoms with Crippen LogP contribution >= 0.6 is 11.8 Å². The molecule has 15 heavy (non-hydrogen) atoms. The van der Waals surface area contributed by atoms with E-state index in [1.807, 2.05) is 0 Å². The fourth-order valence-electron chi connectivity index (χ4n) is 0.497. The standard InChI is InChI=1S/C7H5F3N4S/c1-15-5(4(2-11)3-12)14-6(13)7(8,9)10/h1H3,(H2,13,14). The molecule has 0 aromatic rings. The zero-order valence-corrected chi connectivity index (χ0v) is 8.28. The second kappa shape index (κ2) is 5.27. The lowest BCUT2D eigenvalue weighted by molar-refractivity contribution is -0.0598. The molecule has 0 bridgehead atoms. The van der Waals surface area contributed by atoms with E-state index in [2.05, 4.69) is 10.7 Å². The molecular weight excluding hydrogens is 229 g/mol. The molecule has 0 aliphatic carbocycles. The first kappa shape index (κ1) is 13.3. The summed E-state index contributed by atoms with van der Waals surface area (Å²) in [5.41, 5.74) is 4.13. The average Bonchev–Trinajstić information content (AvgIpc) is 2.16. The first-order valence-electron chi connectivity index (χ1n) is 3.36. The van der Waals surface area contributed by atoms with Crippen LogP contribution in [-0.2, 0) is 0 Å². The van der Waals surface area contributed by atoms with Crippen LogP contribution in [0.2, 0.25) is 0 Å². The fraction of sp³-hybridized carbons (Fsp3) is 0.286. The second-order valence-electron chi connectivity index (χ2n) is 2.10. The number of hydrogen-bond acceptors (Lipinski definition) is 4. The minimum Gasteiger partial charge on any atom is -0.380 e. The van der Waals surface area contributed by atoms with Gasteiger partial charge in [-0.2, -0.15) is 23.7 Å². The third-order valence-electron chi connectivity index (χ3n) is 1.14. The van der Waals surface area contributed by atoms with E-state index in [4.69, 9.17) is 10.5 Å². The maximum Gasteiger partial charge on any atom is 0.449 e. The first-order valence-corrected chi connectivity index (χ1v) is 4.59. The Balaban J connectivity index is 5.34. The van der Waals surface area contributed by atoms with Crippen molar-refractivity contribution in [2.45, 2.75) is 6.18 Å². The normalized spacial score (nSPS) is 11.5. The summed E-state index contributed by atoms with van der Waals surface area (Å²) in [5.74, 6) is -1.59. The number of nitrogens with zero attached hydrogens (tertiary/aromatic N) is 3. The minimum atomic E-state index is -4.77. The number of hydrogen-bond donors (Lipinski definition) is 1. The maximum atomic E-state index is 12.0. The van der Waals surface area contributed by atoms with Crippen LogP contribution in [-0.4, -0.2) is 18.3 Å². The van der Waals surface area contributed by atoms with Crippen molar-refractivity contribution in [2.24, 2.45) is 10.7 Å². The Labute approximate surface area is 87.9 Å². The van der Waals surface area contributed by atoms with E-state index in [0.717, 1.165) is 11.8 Å². The fourth-order valence-corrected chi connectivity index (χ4v) is 0.982. The lowest BCUT2D eigenvalue weighted by Gasteiger charge is -2.05. The van der Waals surface area contributed by atoms with Gasteiger partial charge in [0.25, 0.3) is 0 Å². The molecule has 0 saturated carbocycles. The molecule has 0 aliphatic heterocycles. The average molecular weight is 234 g/mol. The molecule has 0 unspecified atom stereocenters. The van der Waals surface area contributed by atoms with E-state index in [1.165, 1.54) is 18.4 Å². The van der Waals surface area contributed by atoms with Crippen LogP contribution in [0.4, 0.5) is 13.2 Å². The summed E-state index contributed by atoms with van der Waals surface area (Å²) in [6, 6.07) is 2.85. The largest absolute Gasteiger partial charge is 0.449 e. The predicted octanol–water partition coefficient (Wildman–Crippen LogP) is 1.53. The molecule has 0 spiro atoms. The minimum absolute atomic E-state index is 0.352. The Hall–Kier alpha value is -1.67. The highest BCUT2D eigenvalue weighted by Gasteiger charge is 2.33. The van der Waals surface area contributed by atoms with Gasteiger partial charge in [-0.25, -0.2) is 4.99 Å². The summed E-state index contributed by atoms with van der Waals surface area (Å²) >= 11 is 0.739. The van der Waals surface area contributed by atoms with Gasteiger partial charge in [-0.15, -0.1) is 11.8 Å². The van der Waals surface area contributed by atoms with Crippen LogP contribution in [0, 0.1) is 22.7 Å². The highest BCUT2D eigenvalue weighted by atomic mass is 32.2. The van der Waals surface area contributed by atoms with Crippen molar-refractivity contribution < 1.29 is 13.2 Å². The van der Waals surface area contributed by atoms with Crippen LogP contribution in [0.15, 0.2) is 15.6 Å². The predicted molar refractivity (Wildman–Crippen MR) is 49.4 cm³/mol. The smallest absolute Gasteiger partial charge is 0.380 e. The van der Waals surface area contributed by atoms with E-state index in [9.17, 15) is 13.2 Å². The van der Waals surface area contributed by atoms with Crippen LogP contribution in [0.25, 0.3) is 0 Å². The first-order chi connectivity index (χ1) is 6.86. The van der Waals surface area contributed by atoms with Crippen LogP contribution in [0.3, 0.4) is 0 Å². The van der Waals surface area contributed by atoms with Gasteiger partial charge in [-0.3, -0.25) is 0 Å². The number of nitriles is 2. The number of rotatable bonds is 2.